The lowest BCUT2D eigenvalue weighted by atomic mass is 10.2. The highest BCUT2D eigenvalue weighted by molar-refractivity contribution is 8.18. The number of hydrogen-bond acceptors (Lipinski definition) is 5. The van der Waals surface area contributed by atoms with Crippen LogP contribution in [0.5, 0.6) is 5.75 Å². The van der Waals surface area contributed by atoms with Gasteiger partial charge in [0.2, 0.25) is 0 Å². The first-order valence-corrected chi connectivity index (χ1v) is 10.2. The van der Waals surface area contributed by atoms with E-state index >= 15 is 0 Å². The third kappa shape index (κ3) is 4.26. The Balaban J connectivity index is 1.56. The molecule has 1 saturated heterocycles. The van der Waals surface area contributed by atoms with Crippen LogP contribution in [0.1, 0.15) is 5.69 Å². The van der Waals surface area contributed by atoms with Crippen LogP contribution in [0.15, 0.2) is 76.8 Å². The average Bonchev–Trinajstić information content (AvgIpc) is 3.35. The molecule has 7 heteroatoms. The van der Waals surface area contributed by atoms with Crippen LogP contribution in [-0.4, -0.2) is 36.8 Å². The van der Waals surface area contributed by atoms with Gasteiger partial charge in [-0.2, -0.15) is 0 Å². The number of ether oxygens (including phenoxy) is 1. The maximum Gasteiger partial charge on any atom is 0.264 e. The van der Waals surface area contributed by atoms with Gasteiger partial charge >= 0.3 is 0 Å². The van der Waals surface area contributed by atoms with Gasteiger partial charge in [-0.1, -0.05) is 0 Å². The van der Waals surface area contributed by atoms with Gasteiger partial charge in [0.25, 0.3) is 5.91 Å². The van der Waals surface area contributed by atoms with Gasteiger partial charge in [-0.15, -0.1) is 0 Å². The van der Waals surface area contributed by atoms with Crippen molar-refractivity contribution in [2.24, 2.45) is 4.99 Å². The molecule has 1 aliphatic rings. The Morgan fingerprint density at radius 3 is 2.47 bits per heavy atom. The van der Waals surface area contributed by atoms with Crippen LogP contribution in [0.25, 0.3) is 11.8 Å². The molecule has 2 heterocycles. The molecule has 0 radical (unpaired) electrons. The van der Waals surface area contributed by atoms with Gasteiger partial charge in [0.1, 0.15) is 5.75 Å². The van der Waals surface area contributed by atoms with Crippen LogP contribution >= 0.6 is 11.8 Å². The zero-order valence-electron chi connectivity index (χ0n) is 17.0. The first kappa shape index (κ1) is 19.8. The van der Waals surface area contributed by atoms with E-state index in [0.717, 1.165) is 28.5 Å². The highest BCUT2D eigenvalue weighted by atomic mass is 32.2. The lowest BCUT2D eigenvalue weighted by molar-refractivity contribution is -0.115. The second-order valence-corrected chi connectivity index (χ2v) is 7.92. The number of nitrogens with one attached hydrogen (secondary N) is 1. The molecular formula is C23H22N4O2S. The molecule has 4 rings (SSSR count). The van der Waals surface area contributed by atoms with Crippen molar-refractivity contribution in [2.75, 3.05) is 26.1 Å². The lowest BCUT2D eigenvalue weighted by Crippen LogP contribution is -2.19. The van der Waals surface area contributed by atoms with Gasteiger partial charge in [0.05, 0.1) is 17.7 Å². The van der Waals surface area contributed by atoms with E-state index in [0.29, 0.717) is 10.1 Å². The molecule has 0 spiro atoms. The van der Waals surface area contributed by atoms with Gasteiger partial charge in [0, 0.05) is 37.4 Å². The van der Waals surface area contributed by atoms with Crippen molar-refractivity contribution < 1.29 is 9.53 Å². The Morgan fingerprint density at radius 2 is 1.80 bits per heavy atom. The number of carbonyl (C=O) groups is 1. The average molecular weight is 419 g/mol. The Hall–Kier alpha value is -3.45. The molecular weight excluding hydrogens is 396 g/mol. The van der Waals surface area contributed by atoms with Gasteiger partial charge < -0.3 is 19.5 Å². The number of thioether (sulfide) groups is 1. The molecule has 2 aromatic carbocycles. The molecule has 0 unspecified atom stereocenters. The van der Waals surface area contributed by atoms with Gasteiger partial charge in [-0.25, -0.2) is 4.99 Å². The van der Waals surface area contributed by atoms with Crippen molar-refractivity contribution in [3.8, 4) is 11.4 Å². The maximum atomic E-state index is 12.5. The van der Waals surface area contributed by atoms with E-state index in [9.17, 15) is 4.79 Å². The molecule has 3 aromatic rings. The third-order valence-electron chi connectivity index (χ3n) is 4.66. The first-order valence-electron chi connectivity index (χ1n) is 9.42. The van der Waals surface area contributed by atoms with Crippen molar-refractivity contribution in [3.05, 3.63) is 77.5 Å². The van der Waals surface area contributed by atoms with Crippen LogP contribution in [0.2, 0.25) is 0 Å². The molecule has 1 amide bonds. The molecule has 0 bridgehead atoms. The summed E-state index contributed by atoms with van der Waals surface area (Å²) < 4.78 is 7.22. The van der Waals surface area contributed by atoms with E-state index < -0.39 is 0 Å². The monoisotopic (exact) mass is 418 g/mol. The van der Waals surface area contributed by atoms with Crippen molar-refractivity contribution in [1.29, 1.82) is 0 Å². The number of aromatic nitrogens is 1. The van der Waals surface area contributed by atoms with Gasteiger partial charge in [0.15, 0.2) is 5.17 Å². The maximum absolute atomic E-state index is 12.5. The number of rotatable bonds is 5. The summed E-state index contributed by atoms with van der Waals surface area (Å²) in [6.45, 7) is 0. The van der Waals surface area contributed by atoms with Gasteiger partial charge in [-0.3, -0.25) is 4.79 Å². The highest BCUT2D eigenvalue weighted by Gasteiger charge is 2.24. The Bertz CT molecular complexity index is 1110. The summed E-state index contributed by atoms with van der Waals surface area (Å²) >= 11 is 1.33. The summed E-state index contributed by atoms with van der Waals surface area (Å²) in [7, 11) is 5.65. The number of aliphatic imine (C=N–C) groups is 1. The van der Waals surface area contributed by atoms with Crippen molar-refractivity contribution in [1.82, 2.24) is 9.88 Å². The predicted molar refractivity (Wildman–Crippen MR) is 124 cm³/mol. The Morgan fingerprint density at radius 1 is 1.07 bits per heavy atom. The minimum Gasteiger partial charge on any atom is -0.497 e. The number of amidine groups is 1. The van der Waals surface area contributed by atoms with Crippen LogP contribution in [0.4, 0.5) is 11.4 Å². The zero-order valence-corrected chi connectivity index (χ0v) is 17.8. The molecule has 1 fully saturated rings. The summed E-state index contributed by atoms with van der Waals surface area (Å²) in [4.78, 5) is 19.6. The van der Waals surface area contributed by atoms with E-state index in [1.165, 1.54) is 11.8 Å². The first-order chi connectivity index (χ1) is 14.5. The normalized spacial score (nSPS) is 16.2. The fraction of sp³-hybridized carbons (Fsp3) is 0.130. The number of carbonyl (C=O) groups excluding carboxylic acids is 1. The Labute approximate surface area is 179 Å². The molecule has 1 aliphatic heterocycles. The molecule has 1 N–H and O–H groups in total. The van der Waals surface area contributed by atoms with E-state index in [1.54, 1.807) is 7.11 Å². The fourth-order valence-corrected chi connectivity index (χ4v) is 3.87. The summed E-state index contributed by atoms with van der Waals surface area (Å²) in [6.07, 6.45) is 3.87. The van der Waals surface area contributed by atoms with Crippen LogP contribution in [-0.2, 0) is 4.79 Å². The van der Waals surface area contributed by atoms with Crippen LogP contribution in [0, 0.1) is 0 Å². The van der Waals surface area contributed by atoms with Crippen LogP contribution < -0.4 is 15.0 Å². The summed E-state index contributed by atoms with van der Waals surface area (Å²) in [6, 6.07) is 19.6. The molecule has 152 valence electrons. The molecule has 0 saturated carbocycles. The van der Waals surface area contributed by atoms with Crippen molar-refractivity contribution in [3.63, 3.8) is 0 Å². The number of hydrogen-bond donors (Lipinski definition) is 1. The molecule has 0 atom stereocenters. The summed E-state index contributed by atoms with van der Waals surface area (Å²) in [5.74, 6) is 0.616. The number of amides is 1. The topological polar surface area (TPSA) is 58.9 Å². The molecule has 1 aromatic heterocycles. The molecule has 0 aliphatic carbocycles. The standard InChI is InChI=1S/C23H22N4O2S/c1-26(2)17-8-10-18(11-9-17)27-14-4-5-19(27)15-21-22(28)25-23(30-21)24-16-6-12-20(29-3)13-7-16/h4-15H,1-3H3,(H,24,25,28)/b21-15-. The zero-order chi connectivity index (χ0) is 21.1. The minimum atomic E-state index is -0.150. The highest BCUT2D eigenvalue weighted by Crippen LogP contribution is 2.29. The minimum absolute atomic E-state index is 0.150. The van der Waals surface area contributed by atoms with Gasteiger partial charge in [-0.05, 0) is 78.5 Å². The third-order valence-corrected chi connectivity index (χ3v) is 5.57. The Kier molecular flexibility index (Phi) is 5.63. The smallest absolute Gasteiger partial charge is 0.264 e. The number of benzene rings is 2. The fourth-order valence-electron chi connectivity index (χ4n) is 3.05. The predicted octanol–water partition coefficient (Wildman–Crippen LogP) is 4.44. The number of methoxy groups -OCH3 is 1. The van der Waals surface area contributed by atoms with E-state index in [4.69, 9.17) is 4.74 Å². The molecule has 6 nitrogen and oxygen atoms in total. The second kappa shape index (κ2) is 8.51. The summed E-state index contributed by atoms with van der Waals surface area (Å²) in [5.41, 5.74) is 3.85. The lowest BCUT2D eigenvalue weighted by Gasteiger charge is -2.13. The van der Waals surface area contributed by atoms with Crippen LogP contribution in [0.3, 0.4) is 0 Å². The second-order valence-electron chi connectivity index (χ2n) is 6.89. The van der Waals surface area contributed by atoms with E-state index in [-0.39, 0.29) is 5.91 Å². The number of nitrogens with zero attached hydrogens (tertiary/aromatic N) is 3. The largest absolute Gasteiger partial charge is 0.497 e. The van der Waals surface area contributed by atoms with Crippen molar-refractivity contribution >= 4 is 40.3 Å². The molecule has 30 heavy (non-hydrogen) atoms. The van der Waals surface area contributed by atoms with E-state index in [1.807, 2.05) is 62.8 Å². The van der Waals surface area contributed by atoms with E-state index in [2.05, 4.69) is 44.0 Å². The van der Waals surface area contributed by atoms with Crippen molar-refractivity contribution in [2.45, 2.75) is 0 Å². The quantitative estimate of drug-likeness (QED) is 0.622. The number of anilines is 1. The SMILES string of the molecule is COc1ccc(N=C2NC(=O)/C(=C/c3cccn3-c3ccc(N(C)C)cc3)S2)cc1. The summed E-state index contributed by atoms with van der Waals surface area (Å²) in [5, 5.41) is 3.39.